The average Bonchev–Trinajstić information content (AvgIpc) is 2.46. The molecule has 5 nitrogen and oxygen atoms in total. The van der Waals surface area contributed by atoms with E-state index < -0.39 is 0 Å². The quantitative estimate of drug-likeness (QED) is 0.835. The summed E-state index contributed by atoms with van der Waals surface area (Å²) in [6, 6.07) is 6.07. The summed E-state index contributed by atoms with van der Waals surface area (Å²) in [6.07, 6.45) is 0.844. The van der Waals surface area contributed by atoms with E-state index in [1.165, 1.54) is 0 Å². The Morgan fingerprint density at radius 3 is 2.35 bits per heavy atom. The summed E-state index contributed by atoms with van der Waals surface area (Å²) in [7, 11) is 0. The molecule has 2 rings (SSSR count). The van der Waals surface area contributed by atoms with Crippen LogP contribution in [0.2, 0.25) is 0 Å². The molecule has 5 heteroatoms. The van der Waals surface area contributed by atoms with E-state index in [0.717, 1.165) is 23.2 Å². The van der Waals surface area contributed by atoms with Gasteiger partial charge < -0.3 is 15.1 Å². The number of nitrogens with zero attached hydrogens (tertiary/aromatic N) is 2. The highest BCUT2D eigenvalue weighted by molar-refractivity contribution is 5.81. The fraction of sp³-hybridized carbons (Fsp3) is 0.467. The van der Waals surface area contributed by atoms with E-state index >= 15 is 0 Å². The Bertz CT molecular complexity index is 474. The number of anilines is 1. The zero-order valence-electron chi connectivity index (χ0n) is 12.1. The molecule has 1 aliphatic heterocycles. The van der Waals surface area contributed by atoms with Gasteiger partial charge >= 0.3 is 0 Å². The number of carbonyl (C=O) groups excluding carboxylic acids is 2. The number of piperazine rings is 1. The van der Waals surface area contributed by atoms with Crippen molar-refractivity contribution in [3.05, 3.63) is 29.3 Å². The van der Waals surface area contributed by atoms with Crippen molar-refractivity contribution in [3.63, 3.8) is 0 Å². The molecule has 0 bridgehead atoms. The third kappa shape index (κ3) is 3.29. The molecule has 0 atom stereocenters. The first-order chi connectivity index (χ1) is 9.61. The second-order valence-corrected chi connectivity index (χ2v) is 5.14. The highest BCUT2D eigenvalue weighted by Gasteiger charge is 2.19. The number of benzene rings is 1. The Hall–Kier alpha value is -2.04. The van der Waals surface area contributed by atoms with Gasteiger partial charge in [0, 0.05) is 31.9 Å². The predicted molar refractivity (Wildman–Crippen MR) is 78.6 cm³/mol. The largest absolute Gasteiger partial charge is 0.376 e. The molecular weight excluding hydrogens is 254 g/mol. The third-order valence-electron chi connectivity index (χ3n) is 3.71. The number of nitrogens with one attached hydrogen (secondary N) is 1. The second kappa shape index (κ2) is 6.41. The Balaban J connectivity index is 1.88. The summed E-state index contributed by atoms with van der Waals surface area (Å²) in [4.78, 5) is 26.3. The lowest BCUT2D eigenvalue weighted by Gasteiger charge is -2.32. The first kappa shape index (κ1) is 14.4. The van der Waals surface area contributed by atoms with Crippen LogP contribution in [0.3, 0.4) is 0 Å². The van der Waals surface area contributed by atoms with Gasteiger partial charge in [0.15, 0.2) is 0 Å². The van der Waals surface area contributed by atoms with Gasteiger partial charge in [-0.05, 0) is 25.0 Å². The number of hydrogen-bond acceptors (Lipinski definition) is 3. The minimum absolute atomic E-state index is 0.0817. The monoisotopic (exact) mass is 275 g/mol. The van der Waals surface area contributed by atoms with Crippen LogP contribution in [0.5, 0.6) is 0 Å². The van der Waals surface area contributed by atoms with Crippen LogP contribution in [0, 0.1) is 13.8 Å². The zero-order chi connectivity index (χ0) is 14.5. The lowest BCUT2D eigenvalue weighted by molar-refractivity contribution is -0.133. The normalized spacial score (nSPS) is 15.1. The molecule has 0 aromatic heterocycles. The lowest BCUT2D eigenvalue weighted by Crippen LogP contribution is -2.49. The molecule has 0 radical (unpaired) electrons. The molecule has 1 heterocycles. The van der Waals surface area contributed by atoms with Crippen molar-refractivity contribution in [3.8, 4) is 0 Å². The molecule has 1 saturated heterocycles. The molecule has 0 saturated carbocycles. The molecule has 1 fully saturated rings. The number of para-hydroxylation sites is 1. The van der Waals surface area contributed by atoms with Crippen molar-refractivity contribution >= 4 is 18.0 Å². The molecular formula is C15H21N3O2. The van der Waals surface area contributed by atoms with E-state index in [9.17, 15) is 9.59 Å². The van der Waals surface area contributed by atoms with Crippen molar-refractivity contribution in [2.24, 2.45) is 0 Å². The van der Waals surface area contributed by atoms with Gasteiger partial charge in [0.1, 0.15) is 0 Å². The Labute approximate surface area is 119 Å². The Kier molecular flexibility index (Phi) is 4.61. The summed E-state index contributed by atoms with van der Waals surface area (Å²) >= 11 is 0. The zero-order valence-corrected chi connectivity index (χ0v) is 12.1. The van der Waals surface area contributed by atoms with Crippen molar-refractivity contribution in [2.75, 3.05) is 38.0 Å². The van der Waals surface area contributed by atoms with E-state index in [1.54, 1.807) is 9.80 Å². The topological polar surface area (TPSA) is 52.7 Å². The fourth-order valence-electron chi connectivity index (χ4n) is 2.45. The average molecular weight is 275 g/mol. The van der Waals surface area contributed by atoms with Gasteiger partial charge in [0.05, 0.1) is 6.54 Å². The van der Waals surface area contributed by atoms with Gasteiger partial charge in [-0.25, -0.2) is 0 Å². The molecule has 1 aromatic rings. The van der Waals surface area contributed by atoms with E-state index in [2.05, 4.69) is 5.32 Å². The minimum Gasteiger partial charge on any atom is -0.376 e. The van der Waals surface area contributed by atoms with Gasteiger partial charge in [0.25, 0.3) is 0 Å². The number of amides is 2. The maximum Gasteiger partial charge on any atom is 0.241 e. The van der Waals surface area contributed by atoms with Crippen LogP contribution < -0.4 is 5.32 Å². The van der Waals surface area contributed by atoms with Gasteiger partial charge in [-0.3, -0.25) is 9.59 Å². The first-order valence-electron chi connectivity index (χ1n) is 6.89. The molecule has 0 unspecified atom stereocenters. The van der Waals surface area contributed by atoms with E-state index in [0.29, 0.717) is 32.7 Å². The SMILES string of the molecule is Cc1cccc(C)c1NCC(=O)N1CCN(C=O)CC1. The smallest absolute Gasteiger partial charge is 0.241 e. The Morgan fingerprint density at radius 2 is 1.80 bits per heavy atom. The van der Waals surface area contributed by atoms with Crippen LogP contribution in [0.25, 0.3) is 0 Å². The molecule has 108 valence electrons. The fourth-order valence-corrected chi connectivity index (χ4v) is 2.45. The van der Waals surface area contributed by atoms with Crippen molar-refractivity contribution in [1.82, 2.24) is 9.80 Å². The summed E-state index contributed by atoms with van der Waals surface area (Å²) in [5.74, 6) is 0.0817. The molecule has 1 aliphatic rings. The van der Waals surface area contributed by atoms with E-state index in [1.807, 2.05) is 32.0 Å². The van der Waals surface area contributed by atoms with Gasteiger partial charge in [0.2, 0.25) is 12.3 Å². The summed E-state index contributed by atoms with van der Waals surface area (Å²) < 4.78 is 0. The van der Waals surface area contributed by atoms with Gasteiger partial charge in [-0.15, -0.1) is 0 Å². The highest BCUT2D eigenvalue weighted by atomic mass is 16.2. The molecule has 0 aliphatic carbocycles. The van der Waals surface area contributed by atoms with Crippen LogP contribution in [0.1, 0.15) is 11.1 Å². The standard InChI is InChI=1S/C15H21N3O2/c1-12-4-3-5-13(2)15(12)16-10-14(20)18-8-6-17(11-19)7-9-18/h3-5,11,16H,6-10H2,1-2H3. The Morgan fingerprint density at radius 1 is 1.20 bits per heavy atom. The second-order valence-electron chi connectivity index (χ2n) is 5.14. The number of carbonyl (C=O) groups is 2. The minimum atomic E-state index is 0.0817. The van der Waals surface area contributed by atoms with E-state index in [4.69, 9.17) is 0 Å². The molecule has 1 aromatic carbocycles. The molecule has 20 heavy (non-hydrogen) atoms. The summed E-state index contributed by atoms with van der Waals surface area (Å²) in [6.45, 7) is 6.84. The summed E-state index contributed by atoms with van der Waals surface area (Å²) in [5, 5.41) is 3.23. The highest BCUT2D eigenvalue weighted by Crippen LogP contribution is 2.19. The number of rotatable bonds is 4. The van der Waals surface area contributed by atoms with Crippen LogP contribution in [-0.2, 0) is 9.59 Å². The lowest BCUT2D eigenvalue weighted by atomic mass is 10.1. The summed E-state index contributed by atoms with van der Waals surface area (Å²) in [5.41, 5.74) is 3.32. The maximum absolute atomic E-state index is 12.1. The maximum atomic E-state index is 12.1. The van der Waals surface area contributed by atoms with Crippen LogP contribution >= 0.6 is 0 Å². The molecule has 2 amide bonds. The van der Waals surface area contributed by atoms with Gasteiger partial charge in [-0.2, -0.15) is 0 Å². The van der Waals surface area contributed by atoms with Crippen LogP contribution in [-0.4, -0.2) is 54.8 Å². The van der Waals surface area contributed by atoms with Crippen LogP contribution in [0.4, 0.5) is 5.69 Å². The van der Waals surface area contributed by atoms with Crippen molar-refractivity contribution in [2.45, 2.75) is 13.8 Å². The van der Waals surface area contributed by atoms with Crippen molar-refractivity contribution < 1.29 is 9.59 Å². The molecule has 0 spiro atoms. The van der Waals surface area contributed by atoms with Crippen molar-refractivity contribution in [1.29, 1.82) is 0 Å². The first-order valence-corrected chi connectivity index (χ1v) is 6.89. The molecule has 1 N–H and O–H groups in total. The number of hydrogen-bond donors (Lipinski definition) is 1. The van der Waals surface area contributed by atoms with E-state index in [-0.39, 0.29) is 5.91 Å². The van der Waals surface area contributed by atoms with Crippen LogP contribution in [0.15, 0.2) is 18.2 Å². The van der Waals surface area contributed by atoms with Gasteiger partial charge in [-0.1, -0.05) is 18.2 Å². The predicted octanol–water partition coefficient (Wildman–Crippen LogP) is 1.02. The third-order valence-corrected chi connectivity index (χ3v) is 3.71. The number of aryl methyl sites for hydroxylation is 2.